The number of nitrogens with zero attached hydrogens (tertiary/aromatic N) is 2. The number of benzene rings is 1. The van der Waals surface area contributed by atoms with Crippen LogP contribution >= 0.6 is 27.5 Å². The number of nitrogens with one attached hydrogen (secondary N) is 1. The first kappa shape index (κ1) is 15.4. The summed E-state index contributed by atoms with van der Waals surface area (Å²) in [7, 11) is 1.77. The summed E-state index contributed by atoms with van der Waals surface area (Å²) < 4.78 is 16.3. The van der Waals surface area contributed by atoms with E-state index in [1.807, 2.05) is 6.92 Å². The molecule has 20 heavy (non-hydrogen) atoms. The Labute approximate surface area is 130 Å². The molecule has 0 saturated carbocycles. The van der Waals surface area contributed by atoms with Crippen LogP contribution in [-0.2, 0) is 13.5 Å². The molecule has 108 valence electrons. The molecule has 1 heterocycles. The summed E-state index contributed by atoms with van der Waals surface area (Å²) in [4.78, 5) is 0. The molecular weight excluding hydrogens is 347 g/mol. The molecule has 2 rings (SSSR count). The van der Waals surface area contributed by atoms with Crippen LogP contribution in [0, 0.1) is 12.7 Å². The molecule has 4 nitrogen and oxygen atoms in total. The van der Waals surface area contributed by atoms with Crippen molar-refractivity contribution < 1.29 is 4.39 Å². The van der Waals surface area contributed by atoms with E-state index in [1.54, 1.807) is 23.9 Å². The van der Waals surface area contributed by atoms with E-state index in [4.69, 9.17) is 17.4 Å². The van der Waals surface area contributed by atoms with Crippen molar-refractivity contribution >= 4 is 27.5 Å². The minimum Gasteiger partial charge on any atom is -0.271 e. The number of hydrazine groups is 1. The summed E-state index contributed by atoms with van der Waals surface area (Å²) in [5.41, 5.74) is 4.81. The molecule has 1 aromatic carbocycles. The van der Waals surface area contributed by atoms with Crippen LogP contribution in [0.25, 0.3) is 0 Å². The fraction of sp³-hybridized carbons (Fsp3) is 0.308. The van der Waals surface area contributed by atoms with E-state index in [0.717, 1.165) is 11.3 Å². The minimum atomic E-state index is -0.372. The first-order chi connectivity index (χ1) is 9.43. The molecule has 0 spiro atoms. The quantitative estimate of drug-likeness (QED) is 0.650. The maximum atomic E-state index is 14.0. The second-order valence-corrected chi connectivity index (χ2v) is 5.84. The van der Waals surface area contributed by atoms with E-state index in [0.29, 0.717) is 21.6 Å². The maximum Gasteiger partial charge on any atom is 0.130 e. The average Bonchev–Trinajstić information content (AvgIpc) is 2.62. The van der Waals surface area contributed by atoms with E-state index in [9.17, 15) is 4.39 Å². The third kappa shape index (κ3) is 3.03. The van der Waals surface area contributed by atoms with Crippen molar-refractivity contribution in [3.63, 3.8) is 0 Å². The Hall–Kier alpha value is -0.950. The van der Waals surface area contributed by atoms with Gasteiger partial charge in [-0.15, -0.1) is 0 Å². The third-order valence-electron chi connectivity index (χ3n) is 3.22. The van der Waals surface area contributed by atoms with Gasteiger partial charge in [0.1, 0.15) is 11.0 Å². The lowest BCUT2D eigenvalue weighted by Crippen LogP contribution is -2.30. The molecule has 7 heteroatoms. The predicted octanol–water partition coefficient (Wildman–Crippen LogP) is 3.03. The van der Waals surface area contributed by atoms with Crippen molar-refractivity contribution in [2.75, 3.05) is 0 Å². The maximum absolute atomic E-state index is 14.0. The zero-order valence-corrected chi connectivity index (χ0v) is 13.5. The number of hydrogen-bond donors (Lipinski definition) is 2. The van der Waals surface area contributed by atoms with Gasteiger partial charge in [-0.05, 0) is 25.5 Å². The van der Waals surface area contributed by atoms with Crippen LogP contribution in [0.5, 0.6) is 0 Å². The summed E-state index contributed by atoms with van der Waals surface area (Å²) >= 11 is 9.43. The van der Waals surface area contributed by atoms with E-state index in [2.05, 4.69) is 26.5 Å². The van der Waals surface area contributed by atoms with Gasteiger partial charge in [-0.25, -0.2) is 4.39 Å². The minimum absolute atomic E-state index is 0.319. The van der Waals surface area contributed by atoms with E-state index in [-0.39, 0.29) is 11.9 Å². The molecular formula is C13H15BrClFN4. The second kappa shape index (κ2) is 6.22. The van der Waals surface area contributed by atoms with E-state index in [1.165, 1.54) is 6.07 Å². The lowest BCUT2D eigenvalue weighted by molar-refractivity contribution is 0.509. The van der Waals surface area contributed by atoms with Gasteiger partial charge in [-0.3, -0.25) is 16.0 Å². The zero-order chi connectivity index (χ0) is 14.9. The Balaban J connectivity index is 2.33. The van der Waals surface area contributed by atoms with E-state index >= 15 is 0 Å². The molecule has 0 bridgehead atoms. The lowest BCUT2D eigenvalue weighted by Gasteiger charge is -2.17. The Kier molecular flexibility index (Phi) is 4.80. The van der Waals surface area contributed by atoms with Crippen LogP contribution in [0.2, 0.25) is 5.15 Å². The Morgan fingerprint density at radius 2 is 2.25 bits per heavy atom. The summed E-state index contributed by atoms with van der Waals surface area (Å²) in [5.74, 6) is 5.25. The molecule has 0 radical (unpaired) electrons. The number of halogens is 3. The summed E-state index contributed by atoms with van der Waals surface area (Å²) in [6, 6.07) is 4.52. The first-order valence-corrected chi connectivity index (χ1v) is 7.20. The number of nitrogens with two attached hydrogens (primary N) is 1. The summed E-state index contributed by atoms with van der Waals surface area (Å²) in [5, 5.41) is 4.78. The van der Waals surface area contributed by atoms with Gasteiger partial charge in [0.25, 0.3) is 0 Å². The highest BCUT2D eigenvalue weighted by Gasteiger charge is 2.20. The van der Waals surface area contributed by atoms with E-state index < -0.39 is 0 Å². The van der Waals surface area contributed by atoms with Crippen molar-refractivity contribution in [3.05, 3.63) is 50.5 Å². The Bertz CT molecular complexity index is 629. The fourth-order valence-electron chi connectivity index (χ4n) is 2.15. The largest absolute Gasteiger partial charge is 0.271 e. The van der Waals surface area contributed by atoms with Gasteiger partial charge < -0.3 is 0 Å². The number of rotatable bonds is 4. The zero-order valence-electron chi connectivity index (χ0n) is 11.1. The van der Waals surface area contributed by atoms with Crippen molar-refractivity contribution in [1.82, 2.24) is 15.2 Å². The second-order valence-electron chi connectivity index (χ2n) is 4.57. The molecule has 0 fully saturated rings. The molecule has 0 saturated heterocycles. The summed E-state index contributed by atoms with van der Waals surface area (Å²) in [6.45, 7) is 1.87. The first-order valence-electron chi connectivity index (χ1n) is 6.03. The van der Waals surface area contributed by atoms with Gasteiger partial charge in [0.05, 0.1) is 11.7 Å². The van der Waals surface area contributed by atoms with Gasteiger partial charge in [0, 0.05) is 22.6 Å². The highest BCUT2D eigenvalue weighted by atomic mass is 79.9. The number of aryl methyl sites for hydroxylation is 2. The molecule has 1 unspecified atom stereocenters. The monoisotopic (exact) mass is 360 g/mol. The molecule has 0 amide bonds. The Morgan fingerprint density at radius 3 is 2.75 bits per heavy atom. The number of hydrogen-bond acceptors (Lipinski definition) is 3. The molecule has 2 aromatic rings. The topological polar surface area (TPSA) is 55.9 Å². The normalized spacial score (nSPS) is 12.7. The third-order valence-corrected chi connectivity index (χ3v) is 4.18. The van der Waals surface area contributed by atoms with Crippen LogP contribution in [0.4, 0.5) is 4.39 Å². The molecule has 1 aromatic heterocycles. The standard InChI is InChI=1S/C13H15BrClFN4/c1-7-10(13(15)20(2)19-7)6-12(18-17)9-4-3-8(14)5-11(9)16/h3-5,12,18H,6,17H2,1-2H3. The molecule has 0 aliphatic heterocycles. The SMILES string of the molecule is Cc1nn(C)c(Cl)c1CC(NN)c1ccc(Br)cc1F. The highest BCUT2D eigenvalue weighted by Crippen LogP contribution is 2.27. The smallest absolute Gasteiger partial charge is 0.130 e. The molecule has 3 N–H and O–H groups in total. The molecule has 1 atom stereocenters. The molecule has 0 aliphatic carbocycles. The van der Waals surface area contributed by atoms with Crippen molar-refractivity contribution in [2.45, 2.75) is 19.4 Å². The van der Waals surface area contributed by atoms with Gasteiger partial charge in [0.2, 0.25) is 0 Å². The summed E-state index contributed by atoms with van der Waals surface area (Å²) in [6.07, 6.45) is 0.466. The van der Waals surface area contributed by atoms with Crippen molar-refractivity contribution in [3.8, 4) is 0 Å². The van der Waals surface area contributed by atoms with Crippen LogP contribution < -0.4 is 11.3 Å². The van der Waals surface area contributed by atoms with Crippen LogP contribution in [0.1, 0.15) is 22.9 Å². The van der Waals surface area contributed by atoms with Crippen molar-refractivity contribution in [1.29, 1.82) is 0 Å². The van der Waals surface area contributed by atoms with Crippen molar-refractivity contribution in [2.24, 2.45) is 12.9 Å². The number of aromatic nitrogens is 2. The van der Waals surface area contributed by atoms with Gasteiger partial charge >= 0.3 is 0 Å². The lowest BCUT2D eigenvalue weighted by atomic mass is 9.99. The van der Waals surface area contributed by atoms with Gasteiger partial charge in [0.15, 0.2) is 0 Å². The van der Waals surface area contributed by atoms with Gasteiger partial charge in [-0.1, -0.05) is 33.6 Å². The van der Waals surface area contributed by atoms with Crippen LogP contribution in [0.15, 0.2) is 22.7 Å². The Morgan fingerprint density at radius 1 is 1.55 bits per heavy atom. The predicted molar refractivity (Wildman–Crippen MR) is 80.8 cm³/mol. The van der Waals surface area contributed by atoms with Gasteiger partial charge in [-0.2, -0.15) is 5.10 Å². The van der Waals surface area contributed by atoms with Crippen LogP contribution in [0.3, 0.4) is 0 Å². The highest BCUT2D eigenvalue weighted by molar-refractivity contribution is 9.10. The molecule has 0 aliphatic rings. The average molecular weight is 362 g/mol. The fourth-order valence-corrected chi connectivity index (χ4v) is 2.74. The van der Waals surface area contributed by atoms with Crippen LogP contribution in [-0.4, -0.2) is 9.78 Å².